The number of carbonyl (C=O) groups is 1. The lowest BCUT2D eigenvalue weighted by Gasteiger charge is -2.26. The topological polar surface area (TPSA) is 69.0 Å². The molecule has 0 spiro atoms. The molecule has 6 nitrogen and oxygen atoms in total. The molecule has 0 radical (unpaired) electrons. The fraction of sp³-hybridized carbons (Fsp3) is 0.500. The van der Waals surface area contributed by atoms with Gasteiger partial charge in [-0.3, -0.25) is 4.79 Å². The van der Waals surface area contributed by atoms with E-state index < -0.39 is 12.1 Å². The minimum atomic E-state index is -4.24. The molecular weight excluding hydrogens is 361 g/mol. The third-order valence-electron chi connectivity index (χ3n) is 4.53. The Morgan fingerprint density at radius 2 is 2.04 bits per heavy atom. The Balaban J connectivity index is 1.56. The maximum atomic E-state index is 13.0. The maximum Gasteiger partial charge on any atom is 0.393 e. The standard InChI is InChI=1S/C18H21F3N4O2/c1-2-27-14-6-3-12(4-7-14)9-17(26)22-10-16-24-23-15-8-5-13(11-25(15)16)18(19,20)21/h3-4,6-7,13H,2,5,8-11H2,1H3,(H,22,26). The van der Waals surface area contributed by atoms with Crippen molar-refractivity contribution in [2.24, 2.45) is 5.92 Å². The zero-order valence-corrected chi connectivity index (χ0v) is 14.9. The third-order valence-corrected chi connectivity index (χ3v) is 4.53. The van der Waals surface area contributed by atoms with Crippen LogP contribution in [0.25, 0.3) is 0 Å². The molecule has 1 aliphatic rings. The Kier molecular flexibility index (Phi) is 5.67. The molecule has 27 heavy (non-hydrogen) atoms. The molecule has 3 rings (SSSR count). The van der Waals surface area contributed by atoms with Crippen LogP contribution < -0.4 is 10.1 Å². The Morgan fingerprint density at radius 3 is 2.70 bits per heavy atom. The molecule has 2 heterocycles. The van der Waals surface area contributed by atoms with Gasteiger partial charge < -0.3 is 14.6 Å². The lowest BCUT2D eigenvalue weighted by Crippen LogP contribution is -2.34. The number of aromatic nitrogens is 3. The van der Waals surface area contributed by atoms with Crippen LogP contribution in [0.2, 0.25) is 0 Å². The summed E-state index contributed by atoms with van der Waals surface area (Å²) in [6, 6.07) is 7.19. The van der Waals surface area contributed by atoms with E-state index in [4.69, 9.17) is 4.74 Å². The number of hydrogen-bond donors (Lipinski definition) is 1. The van der Waals surface area contributed by atoms with Gasteiger partial charge in [0.05, 0.1) is 25.5 Å². The van der Waals surface area contributed by atoms with Crippen molar-refractivity contribution in [2.45, 2.75) is 45.5 Å². The number of benzene rings is 1. The molecule has 1 aromatic heterocycles. The second kappa shape index (κ2) is 7.98. The molecule has 1 amide bonds. The van der Waals surface area contributed by atoms with Gasteiger partial charge in [-0.2, -0.15) is 13.2 Å². The van der Waals surface area contributed by atoms with E-state index in [-0.39, 0.29) is 38.3 Å². The molecule has 2 aromatic rings. The predicted molar refractivity (Wildman–Crippen MR) is 91.0 cm³/mol. The van der Waals surface area contributed by atoms with Crippen LogP contribution in [0.1, 0.15) is 30.6 Å². The van der Waals surface area contributed by atoms with Crippen molar-refractivity contribution in [2.75, 3.05) is 6.61 Å². The summed E-state index contributed by atoms with van der Waals surface area (Å²) in [6.45, 7) is 2.31. The fourth-order valence-corrected chi connectivity index (χ4v) is 3.08. The molecule has 1 unspecified atom stereocenters. The minimum Gasteiger partial charge on any atom is -0.494 e. The van der Waals surface area contributed by atoms with Crippen LogP contribution in [0.5, 0.6) is 5.75 Å². The normalized spacial score (nSPS) is 16.7. The van der Waals surface area contributed by atoms with E-state index in [1.54, 1.807) is 24.3 Å². The number of nitrogens with zero attached hydrogens (tertiary/aromatic N) is 3. The number of fused-ring (bicyclic) bond motifs is 1. The van der Waals surface area contributed by atoms with E-state index in [2.05, 4.69) is 15.5 Å². The molecule has 0 aliphatic carbocycles. The molecule has 146 valence electrons. The van der Waals surface area contributed by atoms with Crippen LogP contribution >= 0.6 is 0 Å². The zero-order chi connectivity index (χ0) is 19.4. The third kappa shape index (κ3) is 4.78. The first kappa shape index (κ1) is 19.2. The largest absolute Gasteiger partial charge is 0.494 e. The van der Waals surface area contributed by atoms with Crippen molar-refractivity contribution in [1.82, 2.24) is 20.1 Å². The van der Waals surface area contributed by atoms with Gasteiger partial charge in [0.25, 0.3) is 0 Å². The van der Waals surface area contributed by atoms with E-state index in [1.807, 2.05) is 6.92 Å². The van der Waals surface area contributed by atoms with Crippen molar-refractivity contribution < 1.29 is 22.7 Å². The molecule has 0 bridgehead atoms. The van der Waals surface area contributed by atoms with Crippen LogP contribution in [0.15, 0.2) is 24.3 Å². The summed E-state index contributed by atoms with van der Waals surface area (Å²) in [7, 11) is 0. The van der Waals surface area contributed by atoms with Gasteiger partial charge in [0.1, 0.15) is 11.6 Å². The molecule has 1 aliphatic heterocycles. The molecule has 1 aromatic carbocycles. The molecule has 0 saturated carbocycles. The summed E-state index contributed by atoms with van der Waals surface area (Å²) in [5.74, 6) is -0.0276. The van der Waals surface area contributed by atoms with Crippen molar-refractivity contribution in [3.8, 4) is 5.75 Å². The average Bonchev–Trinajstić information content (AvgIpc) is 3.03. The van der Waals surface area contributed by atoms with E-state index in [9.17, 15) is 18.0 Å². The van der Waals surface area contributed by atoms with E-state index in [1.165, 1.54) is 4.57 Å². The second-order valence-corrected chi connectivity index (χ2v) is 6.45. The lowest BCUT2D eigenvalue weighted by atomic mass is 9.99. The second-order valence-electron chi connectivity index (χ2n) is 6.45. The van der Waals surface area contributed by atoms with Crippen molar-refractivity contribution in [1.29, 1.82) is 0 Å². The Hall–Kier alpha value is -2.58. The van der Waals surface area contributed by atoms with E-state index in [0.29, 0.717) is 18.3 Å². The smallest absolute Gasteiger partial charge is 0.393 e. The van der Waals surface area contributed by atoms with Gasteiger partial charge >= 0.3 is 6.18 Å². The van der Waals surface area contributed by atoms with Crippen molar-refractivity contribution in [3.05, 3.63) is 41.5 Å². The first-order chi connectivity index (χ1) is 12.9. The number of nitrogens with one attached hydrogen (secondary N) is 1. The lowest BCUT2D eigenvalue weighted by molar-refractivity contribution is -0.182. The van der Waals surface area contributed by atoms with Gasteiger partial charge in [0, 0.05) is 13.0 Å². The maximum absolute atomic E-state index is 13.0. The Bertz CT molecular complexity index is 787. The highest BCUT2D eigenvalue weighted by atomic mass is 19.4. The summed E-state index contributed by atoms with van der Waals surface area (Å²) >= 11 is 0. The Labute approximate surface area is 154 Å². The minimum absolute atomic E-state index is 0.0196. The van der Waals surface area contributed by atoms with E-state index in [0.717, 1.165) is 11.3 Å². The average molecular weight is 382 g/mol. The SMILES string of the molecule is CCOc1ccc(CC(=O)NCc2nnc3n2CC(C(F)(F)F)CC3)cc1. The number of rotatable bonds is 6. The van der Waals surface area contributed by atoms with Gasteiger partial charge in [-0.25, -0.2) is 0 Å². The Morgan fingerprint density at radius 1 is 1.30 bits per heavy atom. The summed E-state index contributed by atoms with van der Waals surface area (Å²) < 4.78 is 45.7. The molecule has 1 atom stereocenters. The van der Waals surface area contributed by atoms with Crippen LogP contribution in [0.4, 0.5) is 13.2 Å². The zero-order valence-electron chi connectivity index (χ0n) is 14.9. The molecule has 9 heteroatoms. The number of hydrogen-bond acceptors (Lipinski definition) is 4. The highest BCUT2D eigenvalue weighted by Gasteiger charge is 2.42. The summed E-state index contributed by atoms with van der Waals surface area (Å²) in [6.07, 6.45) is -3.82. The highest BCUT2D eigenvalue weighted by Crippen LogP contribution is 2.34. The van der Waals surface area contributed by atoms with E-state index >= 15 is 0 Å². The highest BCUT2D eigenvalue weighted by molar-refractivity contribution is 5.78. The predicted octanol–water partition coefficient (Wildman–Crippen LogP) is 2.66. The van der Waals surface area contributed by atoms with Crippen molar-refractivity contribution >= 4 is 5.91 Å². The number of carbonyl (C=O) groups excluding carboxylic acids is 1. The number of alkyl halides is 3. The quantitative estimate of drug-likeness (QED) is 0.834. The molecule has 1 N–H and O–H groups in total. The number of amides is 1. The van der Waals surface area contributed by atoms with Gasteiger partial charge in [-0.1, -0.05) is 12.1 Å². The van der Waals surface area contributed by atoms with Gasteiger partial charge in [-0.15, -0.1) is 10.2 Å². The first-order valence-corrected chi connectivity index (χ1v) is 8.83. The first-order valence-electron chi connectivity index (χ1n) is 8.83. The monoisotopic (exact) mass is 382 g/mol. The summed E-state index contributed by atoms with van der Waals surface area (Å²) in [5.41, 5.74) is 0.816. The molecule has 0 saturated heterocycles. The number of aryl methyl sites for hydroxylation is 1. The van der Waals surface area contributed by atoms with Gasteiger partial charge in [0.15, 0.2) is 5.82 Å². The molecule has 0 fully saturated rings. The summed E-state index contributed by atoms with van der Waals surface area (Å²) in [5, 5.41) is 10.6. The van der Waals surface area contributed by atoms with Crippen LogP contribution in [0, 0.1) is 5.92 Å². The van der Waals surface area contributed by atoms with Crippen molar-refractivity contribution in [3.63, 3.8) is 0 Å². The molecular formula is C18H21F3N4O2. The van der Waals surface area contributed by atoms with Gasteiger partial charge in [0.2, 0.25) is 5.91 Å². The number of halogens is 3. The van der Waals surface area contributed by atoms with Crippen LogP contribution in [-0.4, -0.2) is 33.5 Å². The fourth-order valence-electron chi connectivity index (χ4n) is 3.08. The van der Waals surface area contributed by atoms with Crippen LogP contribution in [0.3, 0.4) is 0 Å². The number of ether oxygens (including phenoxy) is 1. The van der Waals surface area contributed by atoms with Crippen LogP contribution in [-0.2, 0) is 30.7 Å². The van der Waals surface area contributed by atoms with Gasteiger partial charge in [-0.05, 0) is 31.0 Å². The summed E-state index contributed by atoms with van der Waals surface area (Å²) in [4.78, 5) is 12.1.